The van der Waals surface area contributed by atoms with Crippen molar-refractivity contribution in [1.29, 1.82) is 0 Å². The molecule has 0 unspecified atom stereocenters. The van der Waals surface area contributed by atoms with Gasteiger partial charge in [-0.1, -0.05) is 36.4 Å². The van der Waals surface area contributed by atoms with Gasteiger partial charge in [-0.25, -0.2) is 0 Å². The van der Waals surface area contributed by atoms with Gasteiger partial charge in [-0.05, 0) is 37.1 Å². The monoisotopic (exact) mass is 322 g/mol. The number of methoxy groups -OCH3 is 1. The lowest BCUT2D eigenvalue weighted by Gasteiger charge is -2.18. The van der Waals surface area contributed by atoms with Gasteiger partial charge in [0.05, 0.1) is 12.7 Å². The average molecular weight is 322 g/mol. The van der Waals surface area contributed by atoms with Crippen LogP contribution in [0.1, 0.15) is 25.0 Å². The lowest BCUT2D eigenvalue weighted by Crippen LogP contribution is -2.15. The van der Waals surface area contributed by atoms with Gasteiger partial charge in [0.15, 0.2) is 0 Å². The zero-order valence-electron chi connectivity index (χ0n) is 14.2. The molecule has 24 heavy (non-hydrogen) atoms. The van der Waals surface area contributed by atoms with Crippen LogP contribution < -0.4 is 10.1 Å². The minimum Gasteiger partial charge on any atom is -0.494 e. The Hall–Kier alpha value is -2.59. The maximum atomic E-state index is 10.0. The largest absolute Gasteiger partial charge is 0.494 e. The molecule has 2 N–H and O–H groups in total. The molecule has 0 radical (unpaired) electrons. The summed E-state index contributed by atoms with van der Waals surface area (Å²) in [7, 11) is 1.65. The van der Waals surface area contributed by atoms with Gasteiger partial charge in [0, 0.05) is 23.8 Å². The summed E-state index contributed by atoms with van der Waals surface area (Å²) in [5.74, 6) is 0.769. The average Bonchev–Trinajstić information content (AvgIpc) is 2.59. The third-order valence-electron chi connectivity index (χ3n) is 4.10. The van der Waals surface area contributed by atoms with E-state index in [-0.39, 0.29) is 0 Å². The molecule has 2 aromatic carbocycles. The van der Waals surface area contributed by atoms with Crippen molar-refractivity contribution in [3.8, 4) is 5.75 Å². The molecule has 0 spiro atoms. The first-order chi connectivity index (χ1) is 11.5. The van der Waals surface area contributed by atoms with Crippen LogP contribution in [0.4, 0.5) is 5.69 Å². The fourth-order valence-corrected chi connectivity index (χ4v) is 2.70. The van der Waals surface area contributed by atoms with E-state index in [4.69, 9.17) is 4.74 Å². The van der Waals surface area contributed by atoms with E-state index < -0.39 is 5.60 Å². The van der Waals surface area contributed by atoms with Gasteiger partial charge >= 0.3 is 0 Å². The molecule has 3 aromatic rings. The van der Waals surface area contributed by atoms with Crippen LogP contribution in [0, 0.1) is 0 Å². The number of nitrogens with one attached hydrogen (secondary N) is 1. The molecule has 3 rings (SSSR count). The Kier molecular flexibility index (Phi) is 4.40. The molecular weight excluding hydrogens is 300 g/mol. The predicted molar refractivity (Wildman–Crippen MR) is 97.3 cm³/mol. The number of ether oxygens (including phenoxy) is 1. The second kappa shape index (κ2) is 6.49. The Labute approximate surface area is 142 Å². The predicted octanol–water partition coefficient (Wildman–Crippen LogP) is 4.08. The molecule has 0 atom stereocenters. The van der Waals surface area contributed by atoms with Gasteiger partial charge in [0.2, 0.25) is 0 Å². The fraction of sp³-hybridized carbons (Fsp3) is 0.250. The Morgan fingerprint density at radius 3 is 2.50 bits per heavy atom. The number of aromatic nitrogens is 1. The van der Waals surface area contributed by atoms with Gasteiger partial charge in [-0.15, -0.1) is 0 Å². The number of aliphatic hydroxyl groups is 1. The highest BCUT2D eigenvalue weighted by molar-refractivity contribution is 5.94. The number of hydrogen-bond donors (Lipinski definition) is 2. The van der Waals surface area contributed by atoms with Crippen molar-refractivity contribution >= 4 is 16.6 Å². The van der Waals surface area contributed by atoms with Crippen LogP contribution in [-0.2, 0) is 12.1 Å². The molecular formula is C20H22N2O2. The van der Waals surface area contributed by atoms with Crippen molar-refractivity contribution in [2.45, 2.75) is 26.0 Å². The number of fused-ring (bicyclic) bond motifs is 1. The molecule has 124 valence electrons. The SMILES string of the molecule is COc1cccc2c(NCc3ccc(C(C)(C)O)cc3)ccnc12. The molecule has 0 aliphatic rings. The zero-order valence-corrected chi connectivity index (χ0v) is 14.2. The standard InChI is InChI=1S/C20H22N2O2/c1-20(2,23)15-9-7-14(8-10-15)13-22-17-11-12-21-19-16(17)5-4-6-18(19)24-3/h4-12,23H,13H2,1-3H3,(H,21,22). The molecule has 0 bridgehead atoms. The van der Waals surface area contributed by atoms with Gasteiger partial charge in [0.25, 0.3) is 0 Å². The third-order valence-corrected chi connectivity index (χ3v) is 4.10. The summed E-state index contributed by atoms with van der Waals surface area (Å²) in [4.78, 5) is 4.41. The van der Waals surface area contributed by atoms with E-state index >= 15 is 0 Å². The number of anilines is 1. The van der Waals surface area contributed by atoms with E-state index in [1.807, 2.05) is 48.5 Å². The molecule has 0 amide bonds. The Morgan fingerprint density at radius 1 is 1.08 bits per heavy atom. The maximum Gasteiger partial charge on any atom is 0.145 e. The third kappa shape index (κ3) is 3.34. The highest BCUT2D eigenvalue weighted by Gasteiger charge is 2.15. The highest BCUT2D eigenvalue weighted by atomic mass is 16.5. The first-order valence-electron chi connectivity index (χ1n) is 7.96. The minimum atomic E-state index is -0.816. The van der Waals surface area contributed by atoms with Crippen LogP contribution in [0.15, 0.2) is 54.7 Å². The van der Waals surface area contributed by atoms with E-state index in [0.717, 1.165) is 33.5 Å². The van der Waals surface area contributed by atoms with Gasteiger partial charge in [0.1, 0.15) is 11.3 Å². The molecule has 4 nitrogen and oxygen atoms in total. The van der Waals surface area contributed by atoms with Gasteiger partial charge in [-0.2, -0.15) is 0 Å². The van der Waals surface area contributed by atoms with Crippen molar-refractivity contribution in [3.63, 3.8) is 0 Å². The molecule has 0 aliphatic carbocycles. The first kappa shape index (κ1) is 16.3. The van der Waals surface area contributed by atoms with Crippen LogP contribution in [-0.4, -0.2) is 17.2 Å². The summed E-state index contributed by atoms with van der Waals surface area (Å²) in [6.07, 6.45) is 1.78. The summed E-state index contributed by atoms with van der Waals surface area (Å²) in [6, 6.07) is 15.9. The van der Waals surface area contributed by atoms with Crippen molar-refractivity contribution in [1.82, 2.24) is 4.98 Å². The van der Waals surface area contributed by atoms with Crippen LogP contribution in [0.25, 0.3) is 10.9 Å². The van der Waals surface area contributed by atoms with Crippen LogP contribution in [0.3, 0.4) is 0 Å². The topological polar surface area (TPSA) is 54.4 Å². The Balaban J connectivity index is 1.81. The van der Waals surface area contributed by atoms with Crippen LogP contribution in [0.2, 0.25) is 0 Å². The fourth-order valence-electron chi connectivity index (χ4n) is 2.70. The molecule has 1 aromatic heterocycles. The lowest BCUT2D eigenvalue weighted by molar-refractivity contribution is 0.0786. The zero-order chi connectivity index (χ0) is 17.2. The van der Waals surface area contributed by atoms with E-state index in [2.05, 4.69) is 10.3 Å². The second-order valence-corrected chi connectivity index (χ2v) is 6.32. The number of rotatable bonds is 5. The molecule has 4 heteroatoms. The normalized spacial score (nSPS) is 11.5. The minimum absolute atomic E-state index is 0.697. The van der Waals surface area contributed by atoms with E-state index in [9.17, 15) is 5.11 Å². The number of hydrogen-bond acceptors (Lipinski definition) is 4. The second-order valence-electron chi connectivity index (χ2n) is 6.32. The van der Waals surface area contributed by atoms with Crippen molar-refractivity contribution < 1.29 is 9.84 Å². The van der Waals surface area contributed by atoms with Crippen LogP contribution >= 0.6 is 0 Å². The molecule has 0 saturated heterocycles. The van der Waals surface area contributed by atoms with E-state index in [1.54, 1.807) is 27.2 Å². The number of nitrogens with zero attached hydrogens (tertiary/aromatic N) is 1. The van der Waals surface area contributed by atoms with Crippen molar-refractivity contribution in [3.05, 3.63) is 65.9 Å². The summed E-state index contributed by atoms with van der Waals surface area (Å²) in [6.45, 7) is 4.27. The summed E-state index contributed by atoms with van der Waals surface area (Å²) >= 11 is 0. The summed E-state index contributed by atoms with van der Waals surface area (Å²) in [5.41, 5.74) is 3.11. The summed E-state index contributed by atoms with van der Waals surface area (Å²) < 4.78 is 5.38. The van der Waals surface area contributed by atoms with Gasteiger partial charge < -0.3 is 15.2 Å². The highest BCUT2D eigenvalue weighted by Crippen LogP contribution is 2.29. The Morgan fingerprint density at radius 2 is 1.83 bits per heavy atom. The molecule has 0 saturated carbocycles. The lowest BCUT2D eigenvalue weighted by atomic mass is 9.97. The van der Waals surface area contributed by atoms with Crippen molar-refractivity contribution in [2.24, 2.45) is 0 Å². The Bertz CT molecular complexity index is 836. The molecule has 0 aliphatic heterocycles. The smallest absolute Gasteiger partial charge is 0.145 e. The quantitative estimate of drug-likeness (QED) is 0.743. The molecule has 0 fully saturated rings. The maximum absolute atomic E-state index is 10.0. The van der Waals surface area contributed by atoms with Crippen LogP contribution in [0.5, 0.6) is 5.75 Å². The van der Waals surface area contributed by atoms with Crippen molar-refractivity contribution in [2.75, 3.05) is 12.4 Å². The number of pyridine rings is 1. The number of benzene rings is 2. The number of para-hydroxylation sites is 1. The van der Waals surface area contributed by atoms with E-state index in [1.165, 1.54) is 0 Å². The first-order valence-corrected chi connectivity index (χ1v) is 7.96. The summed E-state index contributed by atoms with van der Waals surface area (Å²) in [5, 5.41) is 14.5. The molecule has 1 heterocycles. The van der Waals surface area contributed by atoms with Gasteiger partial charge in [-0.3, -0.25) is 4.98 Å². The van der Waals surface area contributed by atoms with E-state index in [0.29, 0.717) is 6.54 Å².